The molecule has 2 aromatic rings. The van der Waals surface area contributed by atoms with Gasteiger partial charge >= 0.3 is 0 Å². The molecule has 2 amide bonds. The van der Waals surface area contributed by atoms with Crippen molar-refractivity contribution >= 4 is 40.5 Å². The molecule has 1 unspecified atom stereocenters. The van der Waals surface area contributed by atoms with E-state index < -0.39 is 5.92 Å². The molecule has 10 heteroatoms. The predicted octanol–water partition coefficient (Wildman–Crippen LogP) is 3.13. The number of allylic oxidation sites excluding steroid dienone is 1. The van der Waals surface area contributed by atoms with E-state index >= 15 is 0 Å². The molecule has 38 heavy (non-hydrogen) atoms. The second-order valence-corrected chi connectivity index (χ2v) is 9.68. The topological polar surface area (TPSA) is 83.9 Å². The standard InChI is InChI=1S/C28H26N4O5S/c1-35-23-5-3-2-4-22(23)30-10-12-31(13-11-30)26(33)19-8-6-18(7-9-19)16-32-27(34)20-14-24-25(37-17-36-24)15-21(20)29-28(32)38/h2-9,14-15,20H,10-13,16-17H2,1H3. The quantitative estimate of drug-likeness (QED) is 0.550. The molecule has 3 aliphatic heterocycles. The summed E-state index contributed by atoms with van der Waals surface area (Å²) in [6, 6.07) is 15.3. The Kier molecular flexibility index (Phi) is 6.32. The third kappa shape index (κ3) is 4.41. The molecule has 194 valence electrons. The van der Waals surface area contributed by atoms with Gasteiger partial charge in [-0.3, -0.25) is 14.5 Å². The van der Waals surface area contributed by atoms with Gasteiger partial charge < -0.3 is 24.0 Å². The number of carbonyl (C=O) groups excluding carboxylic acids is 2. The molecule has 0 saturated carbocycles. The van der Waals surface area contributed by atoms with Crippen molar-refractivity contribution in [3.05, 3.63) is 83.3 Å². The number of anilines is 1. The van der Waals surface area contributed by atoms with E-state index in [0.717, 1.165) is 30.1 Å². The Morgan fingerprint density at radius 1 is 1.05 bits per heavy atom. The fourth-order valence-electron chi connectivity index (χ4n) is 5.04. The summed E-state index contributed by atoms with van der Waals surface area (Å²) in [6.07, 6.45) is 3.44. The van der Waals surface area contributed by atoms with Crippen LogP contribution in [-0.2, 0) is 20.8 Å². The SMILES string of the molecule is COc1ccccc1N1CCN(C(=O)c2ccc(CN3C(=O)C4C=C5OCOC5=CC4=NC3=S)cc2)CC1. The number of thiocarbonyl (C=S) groups is 1. The van der Waals surface area contributed by atoms with Gasteiger partial charge in [-0.2, -0.15) is 0 Å². The first-order chi connectivity index (χ1) is 18.5. The van der Waals surface area contributed by atoms with Crippen LogP contribution in [0.1, 0.15) is 15.9 Å². The maximum Gasteiger partial charge on any atom is 0.253 e. The number of benzene rings is 2. The van der Waals surface area contributed by atoms with E-state index in [-0.39, 0.29) is 30.3 Å². The van der Waals surface area contributed by atoms with Crippen LogP contribution in [0.25, 0.3) is 0 Å². The third-order valence-corrected chi connectivity index (χ3v) is 7.42. The number of hydrogen-bond donors (Lipinski definition) is 0. The number of aliphatic imine (C=N–C) groups is 1. The van der Waals surface area contributed by atoms with Crippen molar-refractivity contribution in [3.8, 4) is 5.75 Å². The molecule has 0 aromatic heterocycles. The number of rotatable bonds is 5. The molecule has 4 aliphatic rings. The van der Waals surface area contributed by atoms with E-state index in [4.69, 9.17) is 26.4 Å². The van der Waals surface area contributed by atoms with Crippen LogP contribution in [0.5, 0.6) is 5.75 Å². The Morgan fingerprint density at radius 3 is 2.55 bits per heavy atom. The summed E-state index contributed by atoms with van der Waals surface area (Å²) in [7, 11) is 1.67. The molecule has 2 aromatic carbocycles. The van der Waals surface area contributed by atoms with Gasteiger partial charge in [0.15, 0.2) is 11.5 Å². The van der Waals surface area contributed by atoms with E-state index in [1.54, 1.807) is 31.4 Å². The van der Waals surface area contributed by atoms with Crippen LogP contribution in [0.4, 0.5) is 5.69 Å². The van der Waals surface area contributed by atoms with Gasteiger partial charge in [-0.1, -0.05) is 24.3 Å². The van der Waals surface area contributed by atoms with Crippen LogP contribution in [0.2, 0.25) is 0 Å². The molecule has 0 spiro atoms. The monoisotopic (exact) mass is 530 g/mol. The first kappa shape index (κ1) is 24.2. The number of hydrogen-bond acceptors (Lipinski definition) is 7. The highest BCUT2D eigenvalue weighted by Gasteiger charge is 2.38. The zero-order valence-electron chi connectivity index (χ0n) is 20.8. The lowest BCUT2D eigenvalue weighted by molar-refractivity contribution is -0.129. The zero-order valence-corrected chi connectivity index (χ0v) is 21.6. The number of ether oxygens (including phenoxy) is 3. The predicted molar refractivity (Wildman–Crippen MR) is 145 cm³/mol. The number of carbonyl (C=O) groups is 2. The highest BCUT2D eigenvalue weighted by molar-refractivity contribution is 7.80. The molecular formula is C28H26N4O5S. The molecule has 6 rings (SSSR count). The van der Waals surface area contributed by atoms with Crippen LogP contribution < -0.4 is 9.64 Å². The summed E-state index contributed by atoms with van der Waals surface area (Å²) in [5.41, 5.74) is 3.07. The average molecular weight is 531 g/mol. The fraction of sp³-hybridized carbons (Fsp3) is 0.286. The van der Waals surface area contributed by atoms with Crippen LogP contribution in [0.15, 0.2) is 77.2 Å². The molecule has 0 bridgehead atoms. The summed E-state index contributed by atoms with van der Waals surface area (Å²) in [5, 5.41) is 0.210. The Hall–Kier alpha value is -4.18. The van der Waals surface area contributed by atoms with Crippen LogP contribution in [0, 0.1) is 5.92 Å². The molecule has 2 saturated heterocycles. The minimum absolute atomic E-state index is 0.00903. The van der Waals surface area contributed by atoms with E-state index in [2.05, 4.69) is 9.89 Å². The molecule has 1 atom stereocenters. The minimum atomic E-state index is -0.558. The Balaban J connectivity index is 1.09. The van der Waals surface area contributed by atoms with E-state index in [1.807, 2.05) is 41.3 Å². The van der Waals surface area contributed by atoms with Crippen molar-refractivity contribution in [3.63, 3.8) is 0 Å². The largest absolute Gasteiger partial charge is 0.495 e. The van der Waals surface area contributed by atoms with Crippen molar-refractivity contribution < 1.29 is 23.8 Å². The number of amides is 2. The normalized spacial score (nSPS) is 20.5. The maximum atomic E-state index is 13.2. The molecule has 3 heterocycles. The van der Waals surface area contributed by atoms with E-state index in [1.165, 1.54) is 4.90 Å². The van der Waals surface area contributed by atoms with E-state index in [9.17, 15) is 9.59 Å². The molecular weight excluding hydrogens is 504 g/mol. The lowest BCUT2D eigenvalue weighted by atomic mass is 9.93. The molecule has 9 nitrogen and oxygen atoms in total. The van der Waals surface area contributed by atoms with Gasteiger partial charge in [-0.15, -0.1) is 0 Å². The summed E-state index contributed by atoms with van der Waals surface area (Å²) >= 11 is 5.43. The van der Waals surface area contributed by atoms with Gasteiger partial charge in [-0.25, -0.2) is 4.99 Å². The Bertz CT molecular complexity index is 1390. The summed E-state index contributed by atoms with van der Waals surface area (Å²) in [6.45, 7) is 3.10. The Morgan fingerprint density at radius 2 is 1.79 bits per heavy atom. The molecule has 1 aliphatic carbocycles. The third-order valence-electron chi connectivity index (χ3n) is 7.11. The number of para-hydroxylation sites is 2. The molecule has 0 radical (unpaired) electrons. The zero-order chi connectivity index (χ0) is 26.2. The first-order valence-electron chi connectivity index (χ1n) is 12.4. The van der Waals surface area contributed by atoms with Gasteiger partial charge in [0.25, 0.3) is 5.91 Å². The summed E-state index contributed by atoms with van der Waals surface area (Å²) < 4.78 is 16.3. The van der Waals surface area contributed by atoms with Gasteiger partial charge in [-0.05, 0) is 48.1 Å². The van der Waals surface area contributed by atoms with Crippen molar-refractivity contribution in [2.45, 2.75) is 6.54 Å². The van der Waals surface area contributed by atoms with Gasteiger partial charge in [0.2, 0.25) is 17.8 Å². The maximum absolute atomic E-state index is 13.2. The van der Waals surface area contributed by atoms with Crippen molar-refractivity contribution in [2.75, 3.05) is 45.0 Å². The van der Waals surface area contributed by atoms with Crippen LogP contribution >= 0.6 is 12.2 Å². The van der Waals surface area contributed by atoms with Crippen molar-refractivity contribution in [1.82, 2.24) is 9.80 Å². The van der Waals surface area contributed by atoms with Crippen LogP contribution in [0.3, 0.4) is 0 Å². The number of piperazine rings is 1. The minimum Gasteiger partial charge on any atom is -0.495 e. The second kappa shape index (κ2) is 9.94. The highest BCUT2D eigenvalue weighted by Crippen LogP contribution is 2.32. The summed E-state index contributed by atoms with van der Waals surface area (Å²) in [4.78, 5) is 36.5. The second-order valence-electron chi connectivity index (χ2n) is 9.32. The van der Waals surface area contributed by atoms with Gasteiger partial charge in [0.05, 0.1) is 25.1 Å². The average Bonchev–Trinajstić information content (AvgIpc) is 3.42. The van der Waals surface area contributed by atoms with Gasteiger partial charge in [0, 0.05) is 37.8 Å². The van der Waals surface area contributed by atoms with Gasteiger partial charge in [0.1, 0.15) is 11.7 Å². The van der Waals surface area contributed by atoms with E-state index in [0.29, 0.717) is 35.9 Å². The first-order valence-corrected chi connectivity index (χ1v) is 12.8. The number of methoxy groups -OCH3 is 1. The number of nitrogens with zero attached hydrogens (tertiary/aromatic N) is 4. The number of fused-ring (bicyclic) bond motifs is 2. The molecule has 0 N–H and O–H groups in total. The summed E-state index contributed by atoms with van der Waals surface area (Å²) in [5.74, 6) is 1.24. The lowest BCUT2D eigenvalue weighted by Crippen LogP contribution is -2.48. The highest BCUT2D eigenvalue weighted by atomic mass is 32.1. The smallest absolute Gasteiger partial charge is 0.253 e. The lowest BCUT2D eigenvalue weighted by Gasteiger charge is -2.36. The Labute approximate surface area is 225 Å². The van der Waals surface area contributed by atoms with Crippen molar-refractivity contribution in [2.24, 2.45) is 10.9 Å². The van der Waals surface area contributed by atoms with Crippen molar-refractivity contribution in [1.29, 1.82) is 0 Å². The fourth-order valence-corrected chi connectivity index (χ4v) is 5.30. The molecule has 2 fully saturated rings. The van der Waals surface area contributed by atoms with Crippen LogP contribution in [-0.4, -0.2) is 72.5 Å².